The molecule has 1 rings (SSSR count). The maximum atomic E-state index is 11.9. The number of carbonyl (C=O) groups is 1. The van der Waals surface area contributed by atoms with Crippen molar-refractivity contribution in [3.05, 3.63) is 42.0 Å². The Balaban J connectivity index is 2.80. The molecule has 0 heterocycles. The van der Waals surface area contributed by atoms with Gasteiger partial charge in [0.1, 0.15) is 0 Å². The molecular weight excluding hydrogens is 198 g/mol. The van der Waals surface area contributed by atoms with Crippen LogP contribution in [0.3, 0.4) is 0 Å². The Morgan fingerprint density at radius 3 is 2.31 bits per heavy atom. The topological polar surface area (TPSA) is 20.3 Å². The summed E-state index contributed by atoms with van der Waals surface area (Å²) in [6.07, 6.45) is 1.71. The lowest BCUT2D eigenvalue weighted by Gasteiger charge is -2.16. The largest absolute Gasteiger partial charge is 0.312 e. The number of benzene rings is 1. The third-order valence-electron chi connectivity index (χ3n) is 2.74. The Bertz CT molecular complexity index is 379. The number of allylic oxidation sites excluding steroid dienone is 1. The molecule has 0 aliphatic carbocycles. The molecule has 0 saturated heterocycles. The van der Waals surface area contributed by atoms with Crippen molar-refractivity contribution >= 4 is 11.6 Å². The molecule has 0 fully saturated rings. The number of amides is 1. The number of likely N-dealkylation sites (N-methyl/N-ethyl adjacent to an activating group) is 1. The number of hydrogen-bond donors (Lipinski definition) is 0. The summed E-state index contributed by atoms with van der Waals surface area (Å²) in [5.41, 5.74) is 2.02. The van der Waals surface area contributed by atoms with E-state index in [1.165, 1.54) is 0 Å². The molecule has 2 heteroatoms. The average molecular weight is 217 g/mol. The fourth-order valence-corrected chi connectivity index (χ4v) is 1.24. The molecule has 0 aliphatic heterocycles. The van der Waals surface area contributed by atoms with Crippen molar-refractivity contribution < 1.29 is 4.79 Å². The number of rotatable bonds is 3. The summed E-state index contributed by atoms with van der Waals surface area (Å²) in [4.78, 5) is 13.6. The van der Waals surface area contributed by atoms with Gasteiger partial charge < -0.3 is 4.90 Å². The van der Waals surface area contributed by atoms with Crippen LogP contribution in [0.5, 0.6) is 0 Å². The smallest absolute Gasteiger partial charge is 0.250 e. The van der Waals surface area contributed by atoms with Crippen molar-refractivity contribution in [2.45, 2.75) is 20.8 Å². The Kier molecular flexibility index (Phi) is 4.29. The lowest BCUT2D eigenvalue weighted by molar-refractivity contribution is -0.114. The molecule has 1 aromatic rings. The van der Waals surface area contributed by atoms with Crippen molar-refractivity contribution in [2.24, 2.45) is 5.92 Å². The van der Waals surface area contributed by atoms with Gasteiger partial charge in [0.2, 0.25) is 0 Å². The van der Waals surface area contributed by atoms with E-state index in [1.54, 1.807) is 18.0 Å². The van der Waals surface area contributed by atoms with Crippen LogP contribution in [0.25, 0.3) is 0 Å². The molecule has 0 N–H and O–H groups in total. The van der Waals surface area contributed by atoms with E-state index in [4.69, 9.17) is 0 Å². The van der Waals surface area contributed by atoms with Gasteiger partial charge in [0, 0.05) is 18.8 Å². The molecule has 0 saturated carbocycles. The van der Waals surface area contributed by atoms with E-state index >= 15 is 0 Å². The SMILES string of the molecule is C/C(=C/C(=O)N(C)c1ccccc1)C(C)C. The van der Waals surface area contributed by atoms with Gasteiger partial charge in [0.15, 0.2) is 0 Å². The monoisotopic (exact) mass is 217 g/mol. The van der Waals surface area contributed by atoms with Crippen LogP contribution in [-0.2, 0) is 4.79 Å². The number of anilines is 1. The zero-order valence-electron chi connectivity index (χ0n) is 10.4. The van der Waals surface area contributed by atoms with Gasteiger partial charge in [-0.05, 0) is 25.0 Å². The number of nitrogens with zero attached hydrogens (tertiary/aromatic N) is 1. The van der Waals surface area contributed by atoms with Gasteiger partial charge in [-0.15, -0.1) is 0 Å². The minimum absolute atomic E-state index is 0.0254. The first-order valence-electron chi connectivity index (χ1n) is 5.53. The highest BCUT2D eigenvalue weighted by atomic mass is 16.2. The first-order chi connectivity index (χ1) is 7.52. The Hall–Kier alpha value is -1.57. The van der Waals surface area contributed by atoms with E-state index in [0.29, 0.717) is 5.92 Å². The minimum Gasteiger partial charge on any atom is -0.312 e. The van der Waals surface area contributed by atoms with Crippen molar-refractivity contribution in [3.8, 4) is 0 Å². The van der Waals surface area contributed by atoms with Crippen LogP contribution < -0.4 is 4.90 Å². The van der Waals surface area contributed by atoms with Crippen LogP contribution >= 0.6 is 0 Å². The Morgan fingerprint density at radius 1 is 1.25 bits per heavy atom. The van der Waals surface area contributed by atoms with Crippen LogP contribution in [0.2, 0.25) is 0 Å². The Labute approximate surface area is 97.6 Å². The van der Waals surface area contributed by atoms with Crippen molar-refractivity contribution in [1.82, 2.24) is 0 Å². The summed E-state index contributed by atoms with van der Waals surface area (Å²) in [5.74, 6) is 0.436. The average Bonchev–Trinajstić information content (AvgIpc) is 2.28. The lowest BCUT2D eigenvalue weighted by Crippen LogP contribution is -2.24. The van der Waals surface area contributed by atoms with Crippen LogP contribution in [0.1, 0.15) is 20.8 Å². The molecule has 0 bridgehead atoms. The highest BCUT2D eigenvalue weighted by Crippen LogP contribution is 2.13. The first-order valence-corrected chi connectivity index (χ1v) is 5.53. The van der Waals surface area contributed by atoms with Crippen LogP contribution in [0.4, 0.5) is 5.69 Å². The number of carbonyl (C=O) groups excluding carboxylic acids is 1. The van der Waals surface area contributed by atoms with E-state index in [9.17, 15) is 4.79 Å². The van der Waals surface area contributed by atoms with Gasteiger partial charge in [-0.3, -0.25) is 4.79 Å². The van der Waals surface area contributed by atoms with Gasteiger partial charge in [-0.25, -0.2) is 0 Å². The molecule has 0 atom stereocenters. The van der Waals surface area contributed by atoms with E-state index in [1.807, 2.05) is 37.3 Å². The molecule has 0 unspecified atom stereocenters. The molecule has 0 aromatic heterocycles. The molecule has 1 aromatic carbocycles. The van der Waals surface area contributed by atoms with Gasteiger partial charge >= 0.3 is 0 Å². The quantitative estimate of drug-likeness (QED) is 0.712. The molecule has 0 radical (unpaired) electrons. The molecule has 0 aliphatic rings. The summed E-state index contributed by atoms with van der Waals surface area (Å²) in [6, 6.07) is 9.65. The third kappa shape index (κ3) is 3.23. The van der Waals surface area contributed by atoms with Crippen molar-refractivity contribution in [2.75, 3.05) is 11.9 Å². The summed E-state index contributed by atoms with van der Waals surface area (Å²) in [5, 5.41) is 0. The Morgan fingerprint density at radius 2 is 1.81 bits per heavy atom. The standard InChI is InChI=1S/C14H19NO/c1-11(2)12(3)10-14(16)15(4)13-8-6-5-7-9-13/h5-11H,1-4H3/b12-10-. The number of hydrogen-bond acceptors (Lipinski definition) is 1. The van der Waals surface area contributed by atoms with E-state index in [2.05, 4.69) is 13.8 Å². The number of para-hydroxylation sites is 1. The fourth-order valence-electron chi connectivity index (χ4n) is 1.24. The van der Waals surface area contributed by atoms with Crippen molar-refractivity contribution in [3.63, 3.8) is 0 Å². The fraction of sp³-hybridized carbons (Fsp3) is 0.357. The van der Waals surface area contributed by atoms with E-state index < -0.39 is 0 Å². The molecule has 86 valence electrons. The predicted molar refractivity (Wildman–Crippen MR) is 68.4 cm³/mol. The summed E-state index contributed by atoms with van der Waals surface area (Å²) in [7, 11) is 1.79. The summed E-state index contributed by atoms with van der Waals surface area (Å²) in [6.45, 7) is 6.16. The highest BCUT2D eigenvalue weighted by Gasteiger charge is 2.08. The van der Waals surface area contributed by atoms with Gasteiger partial charge in [-0.2, -0.15) is 0 Å². The second kappa shape index (κ2) is 5.50. The molecule has 2 nitrogen and oxygen atoms in total. The lowest BCUT2D eigenvalue weighted by atomic mass is 10.1. The van der Waals surface area contributed by atoms with Crippen molar-refractivity contribution in [1.29, 1.82) is 0 Å². The summed E-state index contributed by atoms with van der Waals surface area (Å²) >= 11 is 0. The molecule has 1 amide bonds. The molecular formula is C14H19NO. The molecule has 0 spiro atoms. The zero-order valence-corrected chi connectivity index (χ0v) is 10.4. The normalized spacial score (nSPS) is 11.7. The van der Waals surface area contributed by atoms with Crippen LogP contribution in [0, 0.1) is 5.92 Å². The second-order valence-corrected chi connectivity index (χ2v) is 4.28. The van der Waals surface area contributed by atoms with Crippen LogP contribution in [-0.4, -0.2) is 13.0 Å². The third-order valence-corrected chi connectivity index (χ3v) is 2.74. The highest BCUT2D eigenvalue weighted by molar-refractivity contribution is 6.01. The second-order valence-electron chi connectivity index (χ2n) is 4.28. The zero-order chi connectivity index (χ0) is 12.1. The first kappa shape index (κ1) is 12.5. The predicted octanol–water partition coefficient (Wildman–Crippen LogP) is 3.25. The minimum atomic E-state index is 0.0254. The maximum Gasteiger partial charge on any atom is 0.250 e. The molecule has 16 heavy (non-hydrogen) atoms. The van der Waals surface area contributed by atoms with Gasteiger partial charge in [0.25, 0.3) is 5.91 Å². The summed E-state index contributed by atoms with van der Waals surface area (Å²) < 4.78 is 0. The van der Waals surface area contributed by atoms with Gasteiger partial charge in [-0.1, -0.05) is 37.6 Å². The van der Waals surface area contributed by atoms with E-state index in [0.717, 1.165) is 11.3 Å². The maximum absolute atomic E-state index is 11.9. The van der Waals surface area contributed by atoms with E-state index in [-0.39, 0.29) is 5.91 Å². The van der Waals surface area contributed by atoms with Crippen LogP contribution in [0.15, 0.2) is 42.0 Å². The van der Waals surface area contributed by atoms with Gasteiger partial charge in [0.05, 0.1) is 0 Å².